The fourth-order valence-electron chi connectivity index (χ4n) is 0.991. The van der Waals surface area contributed by atoms with Gasteiger partial charge in [-0.25, -0.2) is 4.98 Å². The van der Waals surface area contributed by atoms with Crippen LogP contribution in [0.15, 0.2) is 22.9 Å². The summed E-state index contributed by atoms with van der Waals surface area (Å²) in [5.74, 6) is -0.0620. The first-order valence-corrected chi connectivity index (χ1v) is 5.57. The average Bonchev–Trinajstić information content (AvgIpc) is 2.13. The van der Waals surface area contributed by atoms with E-state index in [4.69, 9.17) is 0 Å². The molecule has 0 bridgehead atoms. The second-order valence-corrected chi connectivity index (χ2v) is 5.42. The lowest BCUT2D eigenvalue weighted by Gasteiger charge is -2.18. The second kappa shape index (κ2) is 4.75. The highest BCUT2D eigenvalue weighted by atomic mass is 79.9. The number of nitrogens with one attached hydrogen (secondary N) is 1. The van der Waals surface area contributed by atoms with Crippen molar-refractivity contribution in [1.29, 1.82) is 0 Å². The van der Waals surface area contributed by atoms with Crippen molar-refractivity contribution in [3.05, 3.63) is 28.5 Å². The average molecular weight is 271 g/mol. The third-order valence-electron chi connectivity index (χ3n) is 1.77. The fraction of sp³-hybridized carbons (Fsp3) is 0.455. The van der Waals surface area contributed by atoms with Crippen LogP contribution in [0, 0.1) is 5.41 Å². The van der Waals surface area contributed by atoms with E-state index in [-0.39, 0.29) is 11.3 Å². The zero-order valence-corrected chi connectivity index (χ0v) is 10.8. The van der Waals surface area contributed by atoms with Crippen molar-refractivity contribution in [2.75, 3.05) is 6.54 Å². The van der Waals surface area contributed by atoms with Gasteiger partial charge in [0.2, 0.25) is 0 Å². The molecule has 15 heavy (non-hydrogen) atoms. The van der Waals surface area contributed by atoms with E-state index in [9.17, 15) is 4.79 Å². The first-order valence-electron chi connectivity index (χ1n) is 4.78. The molecule has 1 aromatic heterocycles. The Balaban J connectivity index is 2.62. The largest absolute Gasteiger partial charge is 0.352 e. The van der Waals surface area contributed by atoms with Gasteiger partial charge in [0.25, 0.3) is 5.91 Å². The number of carbonyl (C=O) groups is 1. The third kappa shape index (κ3) is 4.42. The number of hydrogen-bond donors (Lipinski definition) is 1. The van der Waals surface area contributed by atoms with Crippen LogP contribution in [0.1, 0.15) is 31.1 Å². The lowest BCUT2D eigenvalue weighted by atomic mass is 9.97. The molecule has 0 spiro atoms. The Morgan fingerprint density at radius 2 is 2.20 bits per heavy atom. The van der Waals surface area contributed by atoms with Crippen molar-refractivity contribution in [3.63, 3.8) is 0 Å². The molecule has 1 heterocycles. The summed E-state index contributed by atoms with van der Waals surface area (Å²) in [5.41, 5.74) is 0.723. The first kappa shape index (κ1) is 12.2. The quantitative estimate of drug-likeness (QED) is 0.840. The molecule has 1 aromatic rings. The number of pyridine rings is 1. The fourth-order valence-corrected chi connectivity index (χ4v) is 1.36. The highest BCUT2D eigenvalue weighted by molar-refractivity contribution is 9.10. The van der Waals surface area contributed by atoms with Crippen molar-refractivity contribution in [3.8, 4) is 0 Å². The van der Waals surface area contributed by atoms with Gasteiger partial charge in [-0.05, 0) is 33.5 Å². The number of rotatable bonds is 2. The molecule has 0 aliphatic heterocycles. The van der Waals surface area contributed by atoms with Crippen LogP contribution in [-0.4, -0.2) is 17.4 Å². The van der Waals surface area contributed by atoms with Crippen LogP contribution in [0.4, 0.5) is 0 Å². The summed E-state index contributed by atoms with van der Waals surface area (Å²) >= 11 is 3.23. The Hall–Kier alpha value is -0.900. The molecule has 0 aliphatic rings. The van der Waals surface area contributed by atoms with Gasteiger partial charge in [0.15, 0.2) is 0 Å². The number of carbonyl (C=O) groups excluding carboxylic acids is 1. The maximum absolute atomic E-state index is 11.7. The van der Waals surface area contributed by atoms with Crippen LogP contribution >= 0.6 is 15.9 Å². The van der Waals surface area contributed by atoms with E-state index in [1.54, 1.807) is 18.3 Å². The maximum atomic E-state index is 11.7. The predicted molar refractivity (Wildman–Crippen MR) is 63.7 cm³/mol. The minimum Gasteiger partial charge on any atom is -0.352 e. The van der Waals surface area contributed by atoms with Crippen LogP contribution in [0.5, 0.6) is 0 Å². The smallest absolute Gasteiger partial charge is 0.251 e. The lowest BCUT2D eigenvalue weighted by Crippen LogP contribution is -2.32. The molecule has 0 aromatic carbocycles. The summed E-state index contributed by atoms with van der Waals surface area (Å²) in [5, 5.41) is 2.88. The summed E-state index contributed by atoms with van der Waals surface area (Å²) in [6.45, 7) is 6.90. The van der Waals surface area contributed by atoms with E-state index >= 15 is 0 Å². The zero-order valence-electron chi connectivity index (χ0n) is 9.17. The van der Waals surface area contributed by atoms with Gasteiger partial charge in [0, 0.05) is 18.3 Å². The normalized spacial score (nSPS) is 11.2. The van der Waals surface area contributed by atoms with Crippen LogP contribution in [0.25, 0.3) is 0 Å². The van der Waals surface area contributed by atoms with E-state index < -0.39 is 0 Å². The Labute approximate surface area is 98.4 Å². The maximum Gasteiger partial charge on any atom is 0.251 e. The van der Waals surface area contributed by atoms with Crippen molar-refractivity contribution >= 4 is 21.8 Å². The van der Waals surface area contributed by atoms with Crippen LogP contribution in [0.3, 0.4) is 0 Å². The number of nitrogens with zero attached hydrogens (tertiary/aromatic N) is 1. The van der Waals surface area contributed by atoms with Crippen molar-refractivity contribution in [1.82, 2.24) is 10.3 Å². The van der Waals surface area contributed by atoms with Gasteiger partial charge < -0.3 is 5.32 Å². The molecular weight excluding hydrogens is 256 g/mol. The van der Waals surface area contributed by atoms with Gasteiger partial charge >= 0.3 is 0 Å². The van der Waals surface area contributed by atoms with Gasteiger partial charge in [-0.3, -0.25) is 4.79 Å². The highest BCUT2D eigenvalue weighted by Crippen LogP contribution is 2.12. The van der Waals surface area contributed by atoms with Crippen LogP contribution in [-0.2, 0) is 0 Å². The molecule has 4 heteroatoms. The van der Waals surface area contributed by atoms with Crippen LogP contribution < -0.4 is 5.32 Å². The van der Waals surface area contributed by atoms with E-state index in [0.717, 1.165) is 0 Å². The van der Waals surface area contributed by atoms with E-state index in [1.165, 1.54) is 0 Å². The molecule has 1 amide bonds. The zero-order chi connectivity index (χ0) is 11.5. The minimum atomic E-state index is -0.0620. The topological polar surface area (TPSA) is 42.0 Å². The van der Waals surface area contributed by atoms with Crippen molar-refractivity contribution in [2.24, 2.45) is 5.41 Å². The lowest BCUT2D eigenvalue weighted by molar-refractivity contribution is 0.0939. The Morgan fingerprint density at radius 1 is 1.53 bits per heavy atom. The number of hydrogen-bond acceptors (Lipinski definition) is 2. The summed E-state index contributed by atoms with van der Waals surface area (Å²) in [7, 11) is 0. The molecule has 0 unspecified atom stereocenters. The van der Waals surface area contributed by atoms with Gasteiger partial charge in [-0.15, -0.1) is 0 Å². The molecule has 82 valence electrons. The molecule has 1 N–H and O–H groups in total. The second-order valence-electron chi connectivity index (χ2n) is 4.61. The molecule has 0 saturated carbocycles. The minimum absolute atomic E-state index is 0.0620. The first-order chi connectivity index (χ1) is 6.88. The summed E-state index contributed by atoms with van der Waals surface area (Å²) in [6, 6.07) is 3.40. The molecule has 1 rings (SSSR count). The Bertz CT molecular complexity index is 358. The van der Waals surface area contributed by atoms with Crippen molar-refractivity contribution in [2.45, 2.75) is 20.8 Å². The Morgan fingerprint density at radius 3 is 2.73 bits per heavy atom. The van der Waals surface area contributed by atoms with Crippen molar-refractivity contribution < 1.29 is 4.79 Å². The molecule has 0 atom stereocenters. The van der Waals surface area contributed by atoms with Gasteiger partial charge in [-0.1, -0.05) is 20.8 Å². The third-order valence-corrected chi connectivity index (χ3v) is 2.20. The highest BCUT2D eigenvalue weighted by Gasteiger charge is 2.13. The monoisotopic (exact) mass is 270 g/mol. The standard InChI is InChI=1S/C11H15BrN2O/c1-11(2,3)7-14-10(15)8-4-5-13-9(12)6-8/h4-6H,7H2,1-3H3,(H,14,15). The van der Waals surface area contributed by atoms with E-state index in [1.807, 2.05) is 0 Å². The molecule has 3 nitrogen and oxygen atoms in total. The SMILES string of the molecule is CC(C)(C)CNC(=O)c1ccnc(Br)c1. The van der Waals surface area contributed by atoms with E-state index in [0.29, 0.717) is 16.7 Å². The van der Waals surface area contributed by atoms with Gasteiger partial charge in [0.1, 0.15) is 4.60 Å². The number of halogens is 1. The predicted octanol–water partition coefficient (Wildman–Crippen LogP) is 2.62. The summed E-state index contributed by atoms with van der Waals surface area (Å²) in [4.78, 5) is 15.7. The molecule has 0 fully saturated rings. The van der Waals surface area contributed by atoms with Gasteiger partial charge in [0.05, 0.1) is 0 Å². The molecule has 0 radical (unpaired) electrons. The molecule has 0 aliphatic carbocycles. The van der Waals surface area contributed by atoms with Gasteiger partial charge in [-0.2, -0.15) is 0 Å². The van der Waals surface area contributed by atoms with E-state index in [2.05, 4.69) is 47.0 Å². The molecular formula is C11H15BrN2O. The number of aromatic nitrogens is 1. The molecule has 0 saturated heterocycles. The number of amides is 1. The van der Waals surface area contributed by atoms with Crippen LogP contribution in [0.2, 0.25) is 0 Å². The summed E-state index contributed by atoms with van der Waals surface area (Å²) in [6.07, 6.45) is 1.61. The summed E-state index contributed by atoms with van der Waals surface area (Å²) < 4.78 is 0.672. The Kier molecular flexibility index (Phi) is 3.85.